The minimum atomic E-state index is -0.731. The summed E-state index contributed by atoms with van der Waals surface area (Å²) in [5.74, 6) is 0.322. The Bertz CT molecular complexity index is 1160. The van der Waals surface area contributed by atoms with Gasteiger partial charge in [-0.2, -0.15) is 9.94 Å². The van der Waals surface area contributed by atoms with Crippen LogP contribution in [0.5, 0.6) is 5.75 Å². The van der Waals surface area contributed by atoms with Crippen LogP contribution in [-0.2, 0) is 11.3 Å². The third-order valence-corrected chi connectivity index (χ3v) is 5.54. The van der Waals surface area contributed by atoms with E-state index in [0.29, 0.717) is 30.4 Å². The monoisotopic (exact) mass is 424 g/mol. The fourth-order valence-electron chi connectivity index (χ4n) is 3.86. The molecule has 1 aliphatic carbocycles. The van der Waals surface area contributed by atoms with Crippen LogP contribution in [0.3, 0.4) is 0 Å². The Kier molecular flexibility index (Phi) is 6.07. The van der Waals surface area contributed by atoms with E-state index < -0.39 is 5.76 Å². The Balaban J connectivity index is 1.40. The van der Waals surface area contributed by atoms with Crippen LogP contribution in [0.4, 0.5) is 0 Å². The summed E-state index contributed by atoms with van der Waals surface area (Å²) in [6.45, 7) is 2.67. The van der Waals surface area contributed by atoms with E-state index in [1.54, 1.807) is 12.1 Å². The minimum Gasteiger partial charge on any atom is -0.490 e. The summed E-state index contributed by atoms with van der Waals surface area (Å²) in [7, 11) is 0. The molecular weight excluding hydrogens is 400 g/mol. The normalized spacial score (nSPS) is 18.6. The largest absolute Gasteiger partial charge is 0.490 e. The number of furan rings is 1. The molecule has 2 heterocycles. The zero-order valence-corrected chi connectivity index (χ0v) is 17.3. The van der Waals surface area contributed by atoms with Gasteiger partial charge in [-0.1, -0.05) is 12.1 Å². The van der Waals surface area contributed by atoms with Gasteiger partial charge in [0.15, 0.2) is 17.1 Å². The van der Waals surface area contributed by atoms with Crippen molar-refractivity contribution in [3.63, 3.8) is 0 Å². The number of benzene rings is 1. The summed E-state index contributed by atoms with van der Waals surface area (Å²) in [4.78, 5) is 24.5. The van der Waals surface area contributed by atoms with E-state index in [-0.39, 0.29) is 30.0 Å². The molecule has 9 heteroatoms. The summed E-state index contributed by atoms with van der Waals surface area (Å²) < 4.78 is 17.5. The number of carbonyl (C=O) groups is 1. The second-order valence-electron chi connectivity index (χ2n) is 7.70. The van der Waals surface area contributed by atoms with Gasteiger partial charge in [-0.15, -0.1) is 5.10 Å². The van der Waals surface area contributed by atoms with Crippen molar-refractivity contribution in [1.29, 1.82) is 5.26 Å². The van der Waals surface area contributed by atoms with Crippen molar-refractivity contribution >= 4 is 16.9 Å². The molecule has 2 aromatic heterocycles. The molecule has 1 aromatic carbocycles. The molecule has 1 N–H and O–H groups in total. The first-order valence-corrected chi connectivity index (χ1v) is 10.5. The Labute approximate surface area is 178 Å². The maximum Gasteiger partial charge on any atom is 0.437 e. The zero-order valence-electron chi connectivity index (χ0n) is 17.3. The maximum atomic E-state index is 12.3. The molecule has 1 fully saturated rings. The fraction of sp³-hybridized carbons (Fsp3) is 0.455. The highest BCUT2D eigenvalue weighted by Gasteiger charge is 2.22. The Morgan fingerprint density at radius 1 is 1.32 bits per heavy atom. The van der Waals surface area contributed by atoms with Gasteiger partial charge in [0.2, 0.25) is 5.91 Å². The van der Waals surface area contributed by atoms with E-state index in [4.69, 9.17) is 18.8 Å². The molecule has 0 bridgehead atoms. The van der Waals surface area contributed by atoms with Crippen molar-refractivity contribution in [2.24, 2.45) is 11.8 Å². The zero-order chi connectivity index (χ0) is 21.8. The van der Waals surface area contributed by atoms with E-state index >= 15 is 0 Å². The molecule has 3 aromatic rings. The molecule has 31 heavy (non-hydrogen) atoms. The number of amides is 1. The first kappa shape index (κ1) is 20.7. The van der Waals surface area contributed by atoms with Crippen LogP contribution in [-0.4, -0.2) is 28.8 Å². The Morgan fingerprint density at radius 2 is 2.13 bits per heavy atom. The number of hydrogen-bond acceptors (Lipinski definition) is 7. The molecule has 0 unspecified atom stereocenters. The van der Waals surface area contributed by atoms with Gasteiger partial charge < -0.3 is 18.9 Å². The third kappa shape index (κ3) is 4.63. The van der Waals surface area contributed by atoms with E-state index in [2.05, 4.69) is 16.5 Å². The molecule has 0 aliphatic heterocycles. The van der Waals surface area contributed by atoms with Gasteiger partial charge in [0.25, 0.3) is 5.89 Å². The molecule has 0 radical (unpaired) electrons. The number of carbonyl (C=O) groups excluding carboxylic acids is 1. The van der Waals surface area contributed by atoms with E-state index in [9.17, 15) is 9.59 Å². The summed E-state index contributed by atoms with van der Waals surface area (Å²) >= 11 is 0. The second-order valence-corrected chi connectivity index (χ2v) is 7.70. The average molecular weight is 424 g/mol. The van der Waals surface area contributed by atoms with Crippen LogP contribution in [0, 0.1) is 23.2 Å². The molecule has 1 aliphatic rings. The van der Waals surface area contributed by atoms with Crippen LogP contribution in [0.15, 0.2) is 37.9 Å². The van der Waals surface area contributed by atoms with Crippen LogP contribution >= 0.6 is 0 Å². The average Bonchev–Trinajstić information content (AvgIpc) is 3.37. The lowest BCUT2D eigenvalue weighted by Crippen LogP contribution is -2.35. The number of hydrogen-bond donors (Lipinski definition) is 1. The third-order valence-electron chi connectivity index (χ3n) is 5.54. The van der Waals surface area contributed by atoms with Gasteiger partial charge in [-0.05, 0) is 50.7 Å². The lowest BCUT2D eigenvalue weighted by molar-refractivity contribution is -0.122. The van der Waals surface area contributed by atoms with E-state index in [1.807, 2.05) is 19.1 Å². The summed E-state index contributed by atoms with van der Waals surface area (Å²) in [6.07, 6.45) is 3.57. The van der Waals surface area contributed by atoms with Crippen molar-refractivity contribution in [3.05, 3.63) is 34.8 Å². The molecule has 0 atom stereocenters. The number of ether oxygens (including phenoxy) is 1. The fourth-order valence-corrected chi connectivity index (χ4v) is 3.86. The number of nitriles is 1. The van der Waals surface area contributed by atoms with Crippen LogP contribution in [0.2, 0.25) is 0 Å². The number of aromatic nitrogens is 2. The van der Waals surface area contributed by atoms with Crippen LogP contribution in [0.25, 0.3) is 22.6 Å². The topological polar surface area (TPSA) is 123 Å². The minimum absolute atomic E-state index is 0.00581. The van der Waals surface area contributed by atoms with Gasteiger partial charge in [-0.3, -0.25) is 4.79 Å². The highest BCUT2D eigenvalue weighted by Crippen LogP contribution is 2.32. The number of para-hydroxylation sites is 1. The predicted molar refractivity (Wildman–Crippen MR) is 111 cm³/mol. The molecule has 4 rings (SSSR count). The molecular formula is C22H24N4O5. The van der Waals surface area contributed by atoms with E-state index in [0.717, 1.165) is 35.8 Å². The number of nitrogens with zero attached hydrogens (tertiary/aromatic N) is 3. The molecule has 162 valence electrons. The second kappa shape index (κ2) is 9.08. The van der Waals surface area contributed by atoms with Gasteiger partial charge in [0, 0.05) is 17.8 Å². The highest BCUT2D eigenvalue weighted by molar-refractivity contribution is 5.86. The maximum absolute atomic E-state index is 12.3. The van der Waals surface area contributed by atoms with Gasteiger partial charge in [-0.25, -0.2) is 4.79 Å². The predicted octanol–water partition coefficient (Wildman–Crippen LogP) is 3.09. The first-order valence-electron chi connectivity index (χ1n) is 10.5. The van der Waals surface area contributed by atoms with Crippen molar-refractivity contribution in [2.45, 2.75) is 39.2 Å². The lowest BCUT2D eigenvalue weighted by Gasteiger charge is -2.24. The lowest BCUT2D eigenvalue weighted by atomic mass is 9.83. The van der Waals surface area contributed by atoms with Crippen molar-refractivity contribution < 1.29 is 18.4 Å². The molecule has 9 nitrogen and oxygen atoms in total. The first-order chi connectivity index (χ1) is 15.1. The smallest absolute Gasteiger partial charge is 0.437 e. The van der Waals surface area contributed by atoms with Crippen molar-refractivity contribution in [2.75, 3.05) is 13.2 Å². The van der Waals surface area contributed by atoms with Gasteiger partial charge in [0.05, 0.1) is 12.7 Å². The Morgan fingerprint density at radius 3 is 2.87 bits per heavy atom. The van der Waals surface area contributed by atoms with Crippen molar-refractivity contribution in [1.82, 2.24) is 15.1 Å². The van der Waals surface area contributed by atoms with Crippen LogP contribution < -0.4 is 15.8 Å². The highest BCUT2D eigenvalue weighted by atomic mass is 16.5. The van der Waals surface area contributed by atoms with E-state index in [1.165, 1.54) is 0 Å². The standard InChI is InChI=1S/C22H24N4O5/c1-2-29-17-5-3-4-16-10-18(30-20(16)17)21-25-26(22(28)31-21)13-19(27)24-12-15-8-6-14(11-23)7-9-15/h3-5,10,14-15H,2,6-9,12-13H2,1H3,(H,24,27). The van der Waals surface area contributed by atoms with Gasteiger partial charge >= 0.3 is 5.76 Å². The van der Waals surface area contributed by atoms with Crippen molar-refractivity contribution in [3.8, 4) is 23.5 Å². The summed E-state index contributed by atoms with van der Waals surface area (Å²) in [5, 5.41) is 16.7. The molecule has 0 spiro atoms. The molecule has 1 amide bonds. The number of rotatable bonds is 7. The number of fused-ring (bicyclic) bond motifs is 1. The van der Waals surface area contributed by atoms with Crippen LogP contribution in [0.1, 0.15) is 32.6 Å². The SMILES string of the molecule is CCOc1cccc2cc(-c3nn(CC(=O)NCC4CCC(C#N)CC4)c(=O)o3)oc12. The summed E-state index contributed by atoms with van der Waals surface area (Å²) in [6, 6.07) is 9.52. The van der Waals surface area contributed by atoms with Gasteiger partial charge in [0.1, 0.15) is 6.54 Å². The quantitative estimate of drug-likeness (QED) is 0.618. The molecule has 0 saturated heterocycles. The number of nitrogens with one attached hydrogen (secondary N) is 1. The summed E-state index contributed by atoms with van der Waals surface area (Å²) in [5.41, 5.74) is 0.542. The molecule has 1 saturated carbocycles. The Hall–Kier alpha value is -3.54.